The molecule has 4 nitrogen and oxygen atoms in total. The first-order chi connectivity index (χ1) is 8.15. The van der Waals surface area contributed by atoms with E-state index in [2.05, 4.69) is 17.2 Å². The van der Waals surface area contributed by atoms with E-state index < -0.39 is 0 Å². The maximum atomic E-state index is 6.13. The van der Waals surface area contributed by atoms with E-state index in [0.717, 1.165) is 23.5 Å². The van der Waals surface area contributed by atoms with Gasteiger partial charge in [-0.25, -0.2) is 4.98 Å². The third-order valence-corrected chi connectivity index (χ3v) is 3.14. The lowest BCUT2D eigenvalue weighted by molar-refractivity contribution is 0.414. The topological polar surface area (TPSA) is 38.6 Å². The predicted octanol–water partition coefficient (Wildman–Crippen LogP) is 2.15. The van der Waals surface area contributed by atoms with Gasteiger partial charge >= 0.3 is 0 Å². The Morgan fingerprint density at radius 1 is 1.59 bits per heavy atom. The third-order valence-electron chi connectivity index (χ3n) is 2.86. The van der Waals surface area contributed by atoms with Crippen molar-refractivity contribution in [3.63, 3.8) is 0 Å². The van der Waals surface area contributed by atoms with E-state index >= 15 is 0 Å². The average Bonchev–Trinajstić information content (AvgIpc) is 2.65. The van der Waals surface area contributed by atoms with E-state index in [9.17, 15) is 0 Å². The van der Waals surface area contributed by atoms with Crippen LogP contribution >= 0.6 is 11.6 Å². The van der Waals surface area contributed by atoms with Crippen molar-refractivity contribution in [2.75, 3.05) is 14.2 Å². The number of methoxy groups -OCH3 is 1. The zero-order valence-electron chi connectivity index (χ0n) is 10.2. The number of pyridine rings is 1. The number of hydrogen-bond acceptors (Lipinski definition) is 3. The number of halogens is 1. The molecule has 1 atom stereocenters. The van der Waals surface area contributed by atoms with Crippen LogP contribution in [0.25, 0.3) is 5.52 Å². The van der Waals surface area contributed by atoms with Gasteiger partial charge in [0.05, 0.1) is 12.6 Å². The van der Waals surface area contributed by atoms with Crippen molar-refractivity contribution >= 4 is 17.1 Å². The highest BCUT2D eigenvalue weighted by atomic mass is 35.5. The first kappa shape index (κ1) is 12.2. The molecule has 0 saturated carbocycles. The first-order valence-electron chi connectivity index (χ1n) is 5.53. The molecule has 0 saturated heterocycles. The zero-order chi connectivity index (χ0) is 12.4. The van der Waals surface area contributed by atoms with Crippen LogP contribution in [0.1, 0.15) is 12.7 Å². The standard InChI is InChI=1S/C12H16ClN3O/c1-8(14-2)6-11-15-12(13)10-7-9(17-3)4-5-16(10)11/h4-5,7-8,14H,6H2,1-3H3. The zero-order valence-corrected chi connectivity index (χ0v) is 11.0. The smallest absolute Gasteiger partial charge is 0.155 e. The first-order valence-corrected chi connectivity index (χ1v) is 5.91. The molecule has 2 aromatic rings. The minimum absolute atomic E-state index is 0.360. The molecule has 0 amide bonds. The molecule has 2 rings (SSSR count). The maximum absolute atomic E-state index is 6.13. The van der Waals surface area contributed by atoms with Crippen molar-refractivity contribution in [3.05, 3.63) is 29.3 Å². The van der Waals surface area contributed by atoms with E-state index in [4.69, 9.17) is 16.3 Å². The Morgan fingerprint density at radius 3 is 3.00 bits per heavy atom. The quantitative estimate of drug-likeness (QED) is 0.908. The molecule has 0 radical (unpaired) electrons. The van der Waals surface area contributed by atoms with Gasteiger partial charge in [0, 0.05) is 24.7 Å². The second-order valence-corrected chi connectivity index (χ2v) is 4.39. The summed E-state index contributed by atoms with van der Waals surface area (Å²) in [5.41, 5.74) is 0.879. The Morgan fingerprint density at radius 2 is 2.35 bits per heavy atom. The summed E-state index contributed by atoms with van der Waals surface area (Å²) in [7, 11) is 3.57. The van der Waals surface area contributed by atoms with Crippen LogP contribution in [-0.2, 0) is 6.42 Å². The maximum Gasteiger partial charge on any atom is 0.155 e. The molecule has 0 bridgehead atoms. The second kappa shape index (κ2) is 4.94. The molecule has 17 heavy (non-hydrogen) atoms. The number of imidazole rings is 1. The van der Waals surface area contributed by atoms with E-state index in [1.807, 2.05) is 29.8 Å². The van der Waals surface area contributed by atoms with Gasteiger partial charge < -0.3 is 14.5 Å². The van der Waals surface area contributed by atoms with Gasteiger partial charge in [0.25, 0.3) is 0 Å². The predicted molar refractivity (Wildman–Crippen MR) is 69.0 cm³/mol. The second-order valence-electron chi connectivity index (χ2n) is 4.03. The molecule has 92 valence electrons. The summed E-state index contributed by atoms with van der Waals surface area (Å²) in [6, 6.07) is 4.15. The van der Waals surface area contributed by atoms with Gasteiger partial charge in [0.2, 0.25) is 0 Å². The number of rotatable bonds is 4. The Bertz CT molecular complexity index is 524. The summed E-state index contributed by atoms with van der Waals surface area (Å²) in [5, 5.41) is 3.70. The van der Waals surface area contributed by atoms with Crippen molar-refractivity contribution in [2.24, 2.45) is 0 Å². The Kier molecular flexibility index (Phi) is 3.54. The number of aromatic nitrogens is 2. The van der Waals surface area contributed by atoms with Gasteiger partial charge in [0.1, 0.15) is 11.6 Å². The number of nitrogens with zero attached hydrogens (tertiary/aromatic N) is 2. The molecule has 0 aromatic carbocycles. The fourth-order valence-electron chi connectivity index (χ4n) is 1.74. The SMILES string of the molecule is CNC(C)Cc1nc(Cl)c2cc(OC)ccn12. The molecule has 1 N–H and O–H groups in total. The number of hydrogen-bond donors (Lipinski definition) is 1. The number of fused-ring (bicyclic) bond motifs is 1. The van der Waals surface area contributed by atoms with Crippen molar-refractivity contribution < 1.29 is 4.74 Å². The van der Waals surface area contributed by atoms with Crippen LogP contribution in [0.15, 0.2) is 18.3 Å². The van der Waals surface area contributed by atoms with Crippen LogP contribution in [0.3, 0.4) is 0 Å². The fraction of sp³-hybridized carbons (Fsp3) is 0.417. The minimum Gasteiger partial charge on any atom is -0.497 e. The van der Waals surface area contributed by atoms with Crippen LogP contribution in [0.5, 0.6) is 5.75 Å². The monoisotopic (exact) mass is 253 g/mol. The van der Waals surface area contributed by atoms with Crippen LogP contribution in [-0.4, -0.2) is 29.6 Å². The molecule has 0 aliphatic carbocycles. The number of nitrogens with one attached hydrogen (secondary N) is 1. The summed E-state index contributed by atoms with van der Waals surface area (Å²) in [4.78, 5) is 4.39. The highest BCUT2D eigenvalue weighted by molar-refractivity contribution is 6.32. The van der Waals surface area contributed by atoms with Gasteiger partial charge in [-0.15, -0.1) is 0 Å². The summed E-state index contributed by atoms with van der Waals surface area (Å²) < 4.78 is 7.18. The largest absolute Gasteiger partial charge is 0.497 e. The van der Waals surface area contributed by atoms with Crippen LogP contribution in [0.2, 0.25) is 5.15 Å². The Labute approximate surface area is 106 Å². The van der Waals surface area contributed by atoms with E-state index in [0.29, 0.717) is 11.2 Å². The molecule has 5 heteroatoms. The molecule has 0 aliphatic rings. The third kappa shape index (κ3) is 2.37. The van der Waals surface area contributed by atoms with Crippen molar-refractivity contribution in [3.8, 4) is 5.75 Å². The van der Waals surface area contributed by atoms with Crippen LogP contribution in [0.4, 0.5) is 0 Å². The van der Waals surface area contributed by atoms with Crippen molar-refractivity contribution in [2.45, 2.75) is 19.4 Å². The molecule has 1 unspecified atom stereocenters. The summed E-state index contributed by atoms with van der Waals surface area (Å²) in [5.74, 6) is 1.74. The van der Waals surface area contributed by atoms with E-state index in [1.165, 1.54) is 0 Å². The van der Waals surface area contributed by atoms with Gasteiger partial charge in [-0.05, 0) is 20.0 Å². The average molecular weight is 254 g/mol. The molecule has 2 heterocycles. The molecule has 0 spiro atoms. The normalized spacial score (nSPS) is 12.9. The molecule has 2 aromatic heterocycles. The highest BCUT2D eigenvalue weighted by Gasteiger charge is 2.12. The van der Waals surface area contributed by atoms with E-state index in [1.54, 1.807) is 7.11 Å². The van der Waals surface area contributed by atoms with Crippen molar-refractivity contribution in [1.29, 1.82) is 0 Å². The van der Waals surface area contributed by atoms with Gasteiger partial charge in [-0.1, -0.05) is 11.6 Å². The molecule has 0 aliphatic heterocycles. The molecular formula is C12H16ClN3O. The lowest BCUT2D eigenvalue weighted by atomic mass is 10.2. The Hall–Kier alpha value is -1.26. The minimum atomic E-state index is 0.360. The summed E-state index contributed by atoms with van der Waals surface area (Å²) in [6.07, 6.45) is 2.77. The van der Waals surface area contributed by atoms with Crippen molar-refractivity contribution in [1.82, 2.24) is 14.7 Å². The lowest BCUT2D eigenvalue weighted by Gasteiger charge is -2.09. The molecular weight excluding hydrogens is 238 g/mol. The lowest BCUT2D eigenvalue weighted by Crippen LogP contribution is -2.24. The fourth-order valence-corrected chi connectivity index (χ4v) is 1.98. The van der Waals surface area contributed by atoms with Crippen LogP contribution in [0, 0.1) is 0 Å². The number of ether oxygens (including phenoxy) is 1. The highest BCUT2D eigenvalue weighted by Crippen LogP contribution is 2.23. The number of likely N-dealkylation sites (N-methyl/N-ethyl adjacent to an activating group) is 1. The summed E-state index contributed by atoms with van der Waals surface area (Å²) >= 11 is 6.13. The van der Waals surface area contributed by atoms with Gasteiger partial charge in [-0.3, -0.25) is 0 Å². The summed E-state index contributed by atoms with van der Waals surface area (Å²) in [6.45, 7) is 2.11. The van der Waals surface area contributed by atoms with E-state index in [-0.39, 0.29) is 0 Å². The molecule has 0 fully saturated rings. The van der Waals surface area contributed by atoms with Crippen LogP contribution < -0.4 is 10.1 Å². The van der Waals surface area contributed by atoms with Gasteiger partial charge in [0.15, 0.2) is 5.15 Å². The van der Waals surface area contributed by atoms with Gasteiger partial charge in [-0.2, -0.15) is 0 Å². The Balaban J connectivity index is 2.45.